The first kappa shape index (κ1) is 16.1. The van der Waals surface area contributed by atoms with Crippen molar-refractivity contribution in [1.29, 1.82) is 0 Å². The lowest BCUT2D eigenvalue weighted by atomic mass is 9.99. The maximum Gasteiger partial charge on any atom is 0.333 e. The first-order valence-electron chi connectivity index (χ1n) is 6.44. The summed E-state index contributed by atoms with van der Waals surface area (Å²) in [5.74, 6) is -0.778. The fourth-order valence-electron chi connectivity index (χ4n) is 1.71. The summed E-state index contributed by atoms with van der Waals surface area (Å²) in [6.45, 7) is 5.42. The van der Waals surface area contributed by atoms with Gasteiger partial charge in [-0.1, -0.05) is 18.2 Å². The number of aliphatic hydroxyl groups is 1. The highest BCUT2D eigenvalue weighted by Crippen LogP contribution is 2.24. The van der Waals surface area contributed by atoms with Gasteiger partial charge in [-0.25, -0.2) is 9.18 Å². The lowest BCUT2D eigenvalue weighted by Gasteiger charge is -2.13. The third-order valence-corrected chi connectivity index (χ3v) is 2.82. The van der Waals surface area contributed by atoms with Gasteiger partial charge in [0.2, 0.25) is 0 Å². The summed E-state index contributed by atoms with van der Waals surface area (Å²) in [6, 6.07) is 5.59. The summed E-state index contributed by atoms with van der Waals surface area (Å²) >= 11 is 0. The minimum atomic E-state index is -0.912. The zero-order valence-corrected chi connectivity index (χ0v) is 11.9. The van der Waals surface area contributed by atoms with Crippen molar-refractivity contribution < 1.29 is 19.0 Å². The van der Waals surface area contributed by atoms with Crippen molar-refractivity contribution in [3.63, 3.8) is 0 Å². The number of carbonyl (C=O) groups excluding carboxylic acids is 1. The molecule has 1 rings (SSSR count). The molecule has 0 saturated carbocycles. The van der Waals surface area contributed by atoms with Crippen molar-refractivity contribution in [1.82, 2.24) is 0 Å². The summed E-state index contributed by atoms with van der Waals surface area (Å²) in [4.78, 5) is 11.5. The second-order valence-electron chi connectivity index (χ2n) is 4.29. The Balaban J connectivity index is 2.94. The number of hydrogen-bond acceptors (Lipinski definition) is 3. The molecule has 1 unspecified atom stereocenters. The monoisotopic (exact) mass is 278 g/mol. The van der Waals surface area contributed by atoms with E-state index >= 15 is 0 Å². The molecule has 0 amide bonds. The summed E-state index contributed by atoms with van der Waals surface area (Å²) in [5.41, 5.74) is 1.52. The van der Waals surface area contributed by atoms with E-state index < -0.39 is 12.1 Å². The number of halogens is 1. The molecule has 0 aliphatic heterocycles. The Morgan fingerprint density at radius 3 is 2.50 bits per heavy atom. The fourth-order valence-corrected chi connectivity index (χ4v) is 1.71. The fraction of sp³-hybridized carbons (Fsp3) is 0.312. The third-order valence-electron chi connectivity index (χ3n) is 2.82. The van der Waals surface area contributed by atoms with E-state index in [9.17, 15) is 14.3 Å². The standard InChI is InChI=1S/C16H19FO3/c1-4-12(10-11(3)16(19)20-5-2)15(18)13-6-8-14(17)9-7-13/h4,6-10,15,18H,5H2,1-3H3/b11-10+,12-4-. The van der Waals surface area contributed by atoms with E-state index in [1.807, 2.05) is 0 Å². The Morgan fingerprint density at radius 1 is 1.40 bits per heavy atom. The predicted molar refractivity (Wildman–Crippen MR) is 75.5 cm³/mol. The first-order valence-corrected chi connectivity index (χ1v) is 6.44. The first-order chi connectivity index (χ1) is 9.49. The predicted octanol–water partition coefficient (Wildman–Crippen LogP) is 3.31. The molecule has 1 atom stereocenters. The Hall–Kier alpha value is -1.94. The third kappa shape index (κ3) is 4.31. The molecular weight excluding hydrogens is 259 g/mol. The quantitative estimate of drug-likeness (QED) is 0.510. The smallest absolute Gasteiger partial charge is 0.333 e. The van der Waals surface area contributed by atoms with Crippen LogP contribution in [0.3, 0.4) is 0 Å². The minimum Gasteiger partial charge on any atom is -0.463 e. The molecule has 0 saturated heterocycles. The molecule has 0 fully saturated rings. The Kier molecular flexibility index (Phi) is 6.12. The van der Waals surface area contributed by atoms with Crippen molar-refractivity contribution in [3.8, 4) is 0 Å². The molecule has 0 spiro atoms. The van der Waals surface area contributed by atoms with E-state index in [0.717, 1.165) is 0 Å². The van der Waals surface area contributed by atoms with Crippen molar-refractivity contribution in [3.05, 3.63) is 58.9 Å². The van der Waals surface area contributed by atoms with Gasteiger partial charge in [0.1, 0.15) is 11.9 Å². The number of benzene rings is 1. The molecule has 4 heteroatoms. The second kappa shape index (κ2) is 7.60. The average Bonchev–Trinajstić information content (AvgIpc) is 2.44. The van der Waals surface area contributed by atoms with Crippen LogP contribution in [0.25, 0.3) is 0 Å². The van der Waals surface area contributed by atoms with E-state index in [2.05, 4.69) is 0 Å². The van der Waals surface area contributed by atoms with Gasteiger partial charge in [-0.2, -0.15) is 0 Å². The molecule has 1 aromatic rings. The molecule has 3 nitrogen and oxygen atoms in total. The van der Waals surface area contributed by atoms with E-state index in [1.54, 1.807) is 32.9 Å². The maximum absolute atomic E-state index is 12.9. The topological polar surface area (TPSA) is 46.5 Å². The number of rotatable bonds is 5. The van der Waals surface area contributed by atoms with E-state index in [4.69, 9.17) is 4.74 Å². The van der Waals surface area contributed by atoms with Gasteiger partial charge in [0.25, 0.3) is 0 Å². The zero-order valence-electron chi connectivity index (χ0n) is 11.9. The highest BCUT2D eigenvalue weighted by atomic mass is 19.1. The normalized spacial score (nSPS) is 14.1. The summed E-state index contributed by atoms with van der Waals surface area (Å²) < 4.78 is 17.7. The van der Waals surface area contributed by atoms with E-state index in [0.29, 0.717) is 23.3 Å². The number of ether oxygens (including phenoxy) is 1. The van der Waals surface area contributed by atoms with E-state index in [1.165, 1.54) is 24.3 Å². The van der Waals surface area contributed by atoms with Gasteiger partial charge in [-0.3, -0.25) is 0 Å². The molecular formula is C16H19FO3. The van der Waals surface area contributed by atoms with Crippen LogP contribution in [0.1, 0.15) is 32.4 Å². The zero-order chi connectivity index (χ0) is 15.1. The highest BCUT2D eigenvalue weighted by molar-refractivity contribution is 5.88. The van der Waals surface area contributed by atoms with E-state index in [-0.39, 0.29) is 5.82 Å². The minimum absolute atomic E-state index is 0.301. The van der Waals surface area contributed by atoms with Gasteiger partial charge in [-0.15, -0.1) is 0 Å². The van der Waals surface area contributed by atoms with Crippen LogP contribution >= 0.6 is 0 Å². The second-order valence-corrected chi connectivity index (χ2v) is 4.29. The van der Waals surface area contributed by atoms with Crippen LogP contribution in [0, 0.1) is 5.82 Å². The lowest BCUT2D eigenvalue weighted by molar-refractivity contribution is -0.138. The number of hydrogen-bond donors (Lipinski definition) is 1. The molecule has 0 aliphatic carbocycles. The van der Waals surface area contributed by atoms with Gasteiger partial charge in [0.15, 0.2) is 0 Å². The molecule has 0 aliphatic rings. The lowest BCUT2D eigenvalue weighted by Crippen LogP contribution is -2.07. The average molecular weight is 278 g/mol. The number of allylic oxidation sites excluding steroid dienone is 1. The van der Waals surface area contributed by atoms with Crippen molar-refractivity contribution in [2.24, 2.45) is 0 Å². The number of aliphatic hydroxyl groups excluding tert-OH is 1. The van der Waals surface area contributed by atoms with Crippen LogP contribution < -0.4 is 0 Å². The summed E-state index contributed by atoms with van der Waals surface area (Å²) in [6.07, 6.45) is 2.37. The van der Waals surface area contributed by atoms with Crippen LogP contribution in [-0.4, -0.2) is 17.7 Å². The van der Waals surface area contributed by atoms with Crippen LogP contribution in [0.4, 0.5) is 4.39 Å². The maximum atomic E-state index is 12.9. The van der Waals surface area contributed by atoms with Gasteiger partial charge >= 0.3 is 5.97 Å². The molecule has 108 valence electrons. The summed E-state index contributed by atoms with van der Waals surface area (Å²) in [7, 11) is 0. The van der Waals surface area contributed by atoms with Crippen LogP contribution in [0.5, 0.6) is 0 Å². The molecule has 20 heavy (non-hydrogen) atoms. The largest absolute Gasteiger partial charge is 0.463 e. The van der Waals surface area contributed by atoms with Crippen molar-refractivity contribution >= 4 is 5.97 Å². The van der Waals surface area contributed by atoms with Gasteiger partial charge < -0.3 is 9.84 Å². The van der Waals surface area contributed by atoms with Gasteiger partial charge in [0, 0.05) is 5.57 Å². The van der Waals surface area contributed by atoms with Gasteiger partial charge in [-0.05, 0) is 50.1 Å². The number of esters is 1. The molecule has 1 N–H and O–H groups in total. The molecule has 0 aromatic heterocycles. The van der Waals surface area contributed by atoms with Crippen molar-refractivity contribution in [2.45, 2.75) is 26.9 Å². The van der Waals surface area contributed by atoms with Crippen molar-refractivity contribution in [2.75, 3.05) is 6.61 Å². The SMILES string of the molecule is C/C=C(/C=C(\C)C(=O)OCC)C(O)c1ccc(F)cc1. The summed E-state index contributed by atoms with van der Waals surface area (Å²) in [5, 5.41) is 10.2. The molecule has 1 aromatic carbocycles. The molecule has 0 bridgehead atoms. The molecule has 0 heterocycles. The van der Waals surface area contributed by atoms with Gasteiger partial charge in [0.05, 0.1) is 6.61 Å². The Labute approximate surface area is 118 Å². The van der Waals surface area contributed by atoms with Crippen LogP contribution in [-0.2, 0) is 9.53 Å². The highest BCUT2D eigenvalue weighted by Gasteiger charge is 2.13. The van der Waals surface area contributed by atoms with Crippen LogP contribution in [0.2, 0.25) is 0 Å². The van der Waals surface area contributed by atoms with Crippen LogP contribution in [0.15, 0.2) is 47.6 Å². The number of carbonyl (C=O) groups is 1. The Bertz CT molecular complexity index is 515. The molecule has 0 radical (unpaired) electrons. The Morgan fingerprint density at radius 2 is 2.00 bits per heavy atom.